The van der Waals surface area contributed by atoms with E-state index in [0.29, 0.717) is 35.4 Å². The van der Waals surface area contributed by atoms with E-state index in [9.17, 15) is 14.4 Å². The molecule has 5 nitrogen and oxygen atoms in total. The molecule has 0 aromatic heterocycles. The summed E-state index contributed by atoms with van der Waals surface area (Å²) in [7, 11) is 1.59. The smallest absolute Gasteiger partial charge is 0.162 e. The van der Waals surface area contributed by atoms with Crippen LogP contribution in [-0.2, 0) is 4.79 Å². The third-order valence-electron chi connectivity index (χ3n) is 5.91. The molecule has 158 valence electrons. The number of hydrogen-bond donors (Lipinski definition) is 1. The van der Waals surface area contributed by atoms with Gasteiger partial charge in [-0.1, -0.05) is 26.0 Å². The van der Waals surface area contributed by atoms with Crippen LogP contribution in [0.4, 0.5) is 10.1 Å². The number of rotatable bonds is 3. The first kappa shape index (κ1) is 20.7. The highest BCUT2D eigenvalue weighted by Gasteiger charge is 2.44. The maximum absolute atomic E-state index is 13.6. The molecule has 6 heteroatoms. The normalized spacial score (nSPS) is 20.4. The van der Waals surface area contributed by atoms with Crippen LogP contribution < -0.4 is 15.4 Å². The molecule has 0 bridgehead atoms. The van der Waals surface area contributed by atoms with E-state index < -0.39 is 5.92 Å². The van der Waals surface area contributed by atoms with Crippen molar-refractivity contribution in [1.82, 2.24) is 0 Å². The summed E-state index contributed by atoms with van der Waals surface area (Å²) in [6, 6.07) is 15.5. The number of ether oxygens (including phenoxy) is 1. The molecule has 1 aliphatic carbocycles. The van der Waals surface area contributed by atoms with Crippen molar-refractivity contribution in [3.8, 4) is 11.8 Å². The van der Waals surface area contributed by atoms with E-state index >= 15 is 0 Å². The number of halogens is 1. The van der Waals surface area contributed by atoms with Crippen molar-refractivity contribution in [2.24, 2.45) is 11.1 Å². The Morgan fingerprint density at radius 3 is 2.35 bits per heavy atom. The molecule has 2 aromatic carbocycles. The minimum absolute atomic E-state index is 0.000528. The van der Waals surface area contributed by atoms with Gasteiger partial charge in [0, 0.05) is 23.4 Å². The van der Waals surface area contributed by atoms with Crippen LogP contribution in [0, 0.1) is 22.6 Å². The lowest BCUT2D eigenvalue weighted by molar-refractivity contribution is -0.118. The van der Waals surface area contributed by atoms with Gasteiger partial charge in [0.2, 0.25) is 0 Å². The van der Waals surface area contributed by atoms with Gasteiger partial charge in [0.05, 0.1) is 24.7 Å². The van der Waals surface area contributed by atoms with Crippen LogP contribution in [0.1, 0.15) is 38.2 Å². The van der Waals surface area contributed by atoms with E-state index in [1.165, 1.54) is 12.1 Å². The van der Waals surface area contributed by atoms with E-state index in [-0.39, 0.29) is 22.8 Å². The molecule has 0 spiro atoms. The molecule has 2 aliphatic rings. The summed E-state index contributed by atoms with van der Waals surface area (Å²) < 4.78 is 18.8. The summed E-state index contributed by atoms with van der Waals surface area (Å²) in [5.74, 6) is 0.0345. The average Bonchev–Trinajstić information content (AvgIpc) is 2.73. The van der Waals surface area contributed by atoms with Gasteiger partial charge in [0.1, 0.15) is 17.4 Å². The molecular formula is C25H24FN3O2. The van der Waals surface area contributed by atoms with Crippen LogP contribution in [0.5, 0.6) is 5.75 Å². The molecule has 2 N–H and O–H groups in total. The SMILES string of the molecule is COc1ccc(C2C(C#N)=C(N)N(c3ccc(F)cc3)C3=C2C(=O)CC(C)(C)C3)cc1. The highest BCUT2D eigenvalue weighted by molar-refractivity contribution is 6.01. The lowest BCUT2D eigenvalue weighted by Gasteiger charge is -2.43. The summed E-state index contributed by atoms with van der Waals surface area (Å²) in [6.07, 6.45) is 0.992. The van der Waals surface area contributed by atoms with Gasteiger partial charge in [0.25, 0.3) is 0 Å². The molecular weight excluding hydrogens is 393 g/mol. The molecule has 0 saturated heterocycles. The first-order valence-corrected chi connectivity index (χ1v) is 10.1. The minimum atomic E-state index is -0.550. The second-order valence-corrected chi connectivity index (χ2v) is 8.73. The van der Waals surface area contributed by atoms with E-state index in [0.717, 1.165) is 11.3 Å². The van der Waals surface area contributed by atoms with Gasteiger partial charge < -0.3 is 10.5 Å². The van der Waals surface area contributed by atoms with Crippen LogP contribution in [-0.4, -0.2) is 12.9 Å². The van der Waals surface area contributed by atoms with Crippen molar-refractivity contribution in [2.45, 2.75) is 32.6 Å². The maximum Gasteiger partial charge on any atom is 0.162 e. The van der Waals surface area contributed by atoms with Crippen LogP contribution in [0.15, 0.2) is 71.2 Å². The number of hydrogen-bond acceptors (Lipinski definition) is 5. The number of allylic oxidation sites excluding steroid dienone is 3. The minimum Gasteiger partial charge on any atom is -0.497 e. The summed E-state index contributed by atoms with van der Waals surface area (Å²) in [4.78, 5) is 15.2. The quantitative estimate of drug-likeness (QED) is 0.778. The Morgan fingerprint density at radius 2 is 1.77 bits per heavy atom. The molecule has 1 aliphatic heterocycles. The standard InChI is InChI=1S/C25H24FN3O2/c1-25(2)12-20-23(21(30)13-25)22(15-4-10-18(31-3)11-5-15)19(14-27)24(28)29(20)17-8-6-16(26)7-9-17/h4-11,22H,12-13,28H2,1-3H3. The van der Waals surface area contributed by atoms with Crippen LogP contribution in [0.3, 0.4) is 0 Å². The Kier molecular flexibility index (Phi) is 5.06. The first-order valence-electron chi connectivity index (χ1n) is 10.1. The monoisotopic (exact) mass is 417 g/mol. The Balaban J connectivity index is 1.96. The number of nitriles is 1. The largest absolute Gasteiger partial charge is 0.497 e. The topological polar surface area (TPSA) is 79.3 Å². The van der Waals surface area contributed by atoms with E-state index in [4.69, 9.17) is 10.5 Å². The zero-order chi connectivity index (χ0) is 22.3. The van der Waals surface area contributed by atoms with Crippen LogP contribution in [0.2, 0.25) is 0 Å². The van der Waals surface area contributed by atoms with Crippen LogP contribution in [0.25, 0.3) is 0 Å². The van der Waals surface area contributed by atoms with Gasteiger partial charge in [-0.05, 0) is 53.8 Å². The number of anilines is 1. The predicted octanol–water partition coefficient (Wildman–Crippen LogP) is 4.78. The number of carbonyl (C=O) groups excluding carboxylic acids is 1. The van der Waals surface area contributed by atoms with Gasteiger partial charge in [-0.3, -0.25) is 9.69 Å². The lowest BCUT2D eigenvalue weighted by atomic mass is 9.68. The molecule has 1 heterocycles. The average molecular weight is 417 g/mol. The molecule has 0 amide bonds. The summed E-state index contributed by atoms with van der Waals surface area (Å²) >= 11 is 0. The molecule has 0 fully saturated rings. The van der Waals surface area contributed by atoms with Crippen LogP contribution >= 0.6 is 0 Å². The second kappa shape index (κ2) is 7.59. The fourth-order valence-electron chi connectivity index (χ4n) is 4.52. The molecule has 4 rings (SSSR count). The number of nitrogens with zero attached hydrogens (tertiary/aromatic N) is 2. The number of benzene rings is 2. The second-order valence-electron chi connectivity index (χ2n) is 8.73. The van der Waals surface area contributed by atoms with Gasteiger partial charge in [-0.15, -0.1) is 0 Å². The number of ketones is 1. The van der Waals surface area contributed by atoms with Gasteiger partial charge >= 0.3 is 0 Å². The van der Waals surface area contributed by atoms with Crippen molar-refractivity contribution in [1.29, 1.82) is 5.26 Å². The highest BCUT2D eigenvalue weighted by Crippen LogP contribution is 2.50. The van der Waals surface area contributed by atoms with E-state index in [1.54, 1.807) is 24.1 Å². The molecule has 31 heavy (non-hydrogen) atoms. The fraction of sp³-hybridized carbons (Fsp3) is 0.280. The Hall–Kier alpha value is -3.59. The van der Waals surface area contributed by atoms with E-state index in [1.807, 2.05) is 38.1 Å². The lowest BCUT2D eigenvalue weighted by Crippen LogP contribution is -2.42. The van der Waals surface area contributed by atoms with Gasteiger partial charge in [0.15, 0.2) is 5.78 Å². The summed E-state index contributed by atoms with van der Waals surface area (Å²) in [5.41, 5.74) is 9.37. The third kappa shape index (κ3) is 3.57. The van der Waals surface area contributed by atoms with Gasteiger partial charge in [-0.2, -0.15) is 5.26 Å². The zero-order valence-corrected chi connectivity index (χ0v) is 17.8. The number of methoxy groups -OCH3 is 1. The summed E-state index contributed by atoms with van der Waals surface area (Å²) in [5, 5.41) is 10.0. The predicted molar refractivity (Wildman–Crippen MR) is 116 cm³/mol. The number of nitrogens with two attached hydrogens (primary N) is 1. The number of Topliss-reactive ketones (excluding diaryl/α,β-unsaturated/α-hetero) is 1. The van der Waals surface area contributed by atoms with Gasteiger partial charge in [-0.25, -0.2) is 4.39 Å². The molecule has 1 unspecified atom stereocenters. The molecule has 1 atom stereocenters. The summed E-state index contributed by atoms with van der Waals surface area (Å²) in [6.45, 7) is 4.08. The zero-order valence-electron chi connectivity index (χ0n) is 17.8. The Morgan fingerprint density at radius 1 is 1.13 bits per heavy atom. The Bertz CT molecular complexity index is 1140. The molecule has 2 aromatic rings. The highest BCUT2D eigenvalue weighted by atomic mass is 19.1. The maximum atomic E-state index is 13.6. The third-order valence-corrected chi connectivity index (χ3v) is 5.91. The van der Waals surface area contributed by atoms with Crippen molar-refractivity contribution < 1.29 is 13.9 Å². The van der Waals surface area contributed by atoms with Crippen molar-refractivity contribution in [3.05, 3.63) is 82.6 Å². The Labute approximate surface area is 181 Å². The number of carbonyl (C=O) groups is 1. The molecule has 0 saturated carbocycles. The van der Waals surface area contributed by atoms with E-state index in [2.05, 4.69) is 6.07 Å². The first-order chi connectivity index (χ1) is 14.8. The van der Waals surface area contributed by atoms with Crippen molar-refractivity contribution in [3.63, 3.8) is 0 Å². The van der Waals surface area contributed by atoms with Crippen molar-refractivity contribution in [2.75, 3.05) is 12.0 Å². The fourth-order valence-corrected chi connectivity index (χ4v) is 4.52. The molecule has 0 radical (unpaired) electrons. The van der Waals surface area contributed by atoms with Crippen molar-refractivity contribution >= 4 is 11.5 Å².